The van der Waals surface area contributed by atoms with Crippen molar-refractivity contribution in [1.29, 1.82) is 0 Å². The van der Waals surface area contributed by atoms with E-state index in [1.807, 2.05) is 44.7 Å². The van der Waals surface area contributed by atoms with E-state index >= 15 is 0 Å². The van der Waals surface area contributed by atoms with Crippen molar-refractivity contribution in [2.24, 2.45) is 16.3 Å². The maximum Gasteiger partial charge on any atom is 0.410 e. The second-order valence-corrected chi connectivity index (χ2v) is 11.8. The fraction of sp³-hybridized carbons (Fsp3) is 0.567. The molecule has 218 valence electrons. The van der Waals surface area contributed by atoms with E-state index in [2.05, 4.69) is 37.7 Å². The monoisotopic (exact) mass is 552 g/mol. The summed E-state index contributed by atoms with van der Waals surface area (Å²) in [5, 5.41) is 28.0. The molecule has 40 heavy (non-hydrogen) atoms. The summed E-state index contributed by atoms with van der Waals surface area (Å²) in [7, 11) is 0. The number of nitrogens with one attached hydrogen (secondary N) is 1. The van der Waals surface area contributed by atoms with Crippen LogP contribution < -0.4 is 5.43 Å². The van der Waals surface area contributed by atoms with Crippen molar-refractivity contribution >= 4 is 17.5 Å². The number of benzene rings is 2. The summed E-state index contributed by atoms with van der Waals surface area (Å²) in [6, 6.07) is 11.0. The van der Waals surface area contributed by atoms with Gasteiger partial charge in [-0.3, -0.25) is 10.3 Å². The number of hydrogen-bond donors (Lipinski definition) is 3. The van der Waals surface area contributed by atoms with Crippen LogP contribution in [-0.4, -0.2) is 82.4 Å². The molecule has 10 heteroatoms. The smallest absolute Gasteiger partial charge is 0.410 e. The highest BCUT2D eigenvalue weighted by atomic mass is 16.6. The Bertz CT molecular complexity index is 1150. The first kappa shape index (κ1) is 29.6. The van der Waals surface area contributed by atoms with Gasteiger partial charge in [0.2, 0.25) is 0 Å². The molecule has 10 nitrogen and oxygen atoms in total. The van der Waals surface area contributed by atoms with Crippen LogP contribution in [0.1, 0.15) is 51.7 Å². The molecule has 2 fully saturated rings. The topological polar surface area (TPSA) is 113 Å². The van der Waals surface area contributed by atoms with Crippen molar-refractivity contribution < 1.29 is 19.7 Å². The van der Waals surface area contributed by atoms with Crippen LogP contribution in [0.3, 0.4) is 0 Å². The zero-order chi connectivity index (χ0) is 28.7. The fourth-order valence-electron chi connectivity index (χ4n) is 5.18. The van der Waals surface area contributed by atoms with E-state index in [9.17, 15) is 15.0 Å². The van der Waals surface area contributed by atoms with E-state index in [0.29, 0.717) is 23.7 Å². The summed E-state index contributed by atoms with van der Waals surface area (Å²) in [5.41, 5.74) is 5.38. The van der Waals surface area contributed by atoms with Crippen molar-refractivity contribution in [3.05, 3.63) is 47.5 Å². The normalized spacial score (nSPS) is 17.9. The number of nitrogens with zero attached hydrogens (tertiary/aromatic N) is 5. The van der Waals surface area contributed by atoms with Crippen LogP contribution in [0.15, 0.2) is 46.7 Å². The Morgan fingerprint density at radius 3 is 2.25 bits per heavy atom. The van der Waals surface area contributed by atoms with Crippen LogP contribution in [0.2, 0.25) is 0 Å². The lowest BCUT2D eigenvalue weighted by atomic mass is 9.96. The minimum Gasteiger partial charge on any atom is -0.508 e. The molecule has 2 saturated heterocycles. The number of amides is 1. The maximum absolute atomic E-state index is 12.3. The molecule has 0 saturated carbocycles. The molecular formula is C30H44N6O4. The van der Waals surface area contributed by atoms with Gasteiger partial charge in [-0.1, -0.05) is 24.3 Å². The van der Waals surface area contributed by atoms with E-state index in [0.717, 1.165) is 70.8 Å². The molecule has 3 N–H and O–H groups in total. The lowest BCUT2D eigenvalue weighted by molar-refractivity contribution is 0.0159. The minimum atomic E-state index is -0.446. The van der Waals surface area contributed by atoms with Gasteiger partial charge in [0, 0.05) is 58.4 Å². The van der Waals surface area contributed by atoms with Crippen LogP contribution in [0, 0.1) is 5.92 Å². The van der Waals surface area contributed by atoms with Crippen LogP contribution in [0.5, 0.6) is 11.5 Å². The average Bonchev–Trinajstić information content (AvgIpc) is 2.91. The van der Waals surface area contributed by atoms with Crippen LogP contribution >= 0.6 is 0 Å². The maximum atomic E-state index is 12.3. The lowest BCUT2D eigenvalue weighted by Gasteiger charge is -2.39. The molecule has 2 aromatic carbocycles. The zero-order valence-electron chi connectivity index (χ0n) is 24.3. The highest BCUT2D eigenvalue weighted by molar-refractivity contribution is 5.68. The Kier molecular flexibility index (Phi) is 9.86. The molecule has 0 atom stereocenters. The van der Waals surface area contributed by atoms with Gasteiger partial charge >= 0.3 is 6.09 Å². The Morgan fingerprint density at radius 1 is 0.975 bits per heavy atom. The molecular weight excluding hydrogens is 508 g/mol. The van der Waals surface area contributed by atoms with Gasteiger partial charge < -0.3 is 24.7 Å². The molecule has 4 rings (SSSR count). The minimum absolute atomic E-state index is 0.0666. The summed E-state index contributed by atoms with van der Waals surface area (Å²) in [5.74, 6) is 0.623. The van der Waals surface area contributed by atoms with Crippen molar-refractivity contribution in [2.45, 2.75) is 59.1 Å². The number of aryl methyl sites for hydroxylation is 1. The van der Waals surface area contributed by atoms with Gasteiger partial charge in [0.25, 0.3) is 0 Å². The summed E-state index contributed by atoms with van der Waals surface area (Å²) >= 11 is 0. The second-order valence-electron chi connectivity index (χ2n) is 11.8. The van der Waals surface area contributed by atoms with Crippen molar-refractivity contribution in [1.82, 2.24) is 14.7 Å². The molecule has 0 radical (unpaired) electrons. The zero-order valence-corrected chi connectivity index (χ0v) is 24.3. The predicted octanol–water partition coefficient (Wildman–Crippen LogP) is 5.54. The third kappa shape index (κ3) is 8.56. The van der Waals surface area contributed by atoms with Crippen LogP contribution in [0.25, 0.3) is 0 Å². The van der Waals surface area contributed by atoms with Gasteiger partial charge in [0.1, 0.15) is 22.8 Å². The van der Waals surface area contributed by atoms with Crippen LogP contribution in [0.4, 0.5) is 16.2 Å². The van der Waals surface area contributed by atoms with Crippen molar-refractivity contribution in [2.75, 3.05) is 51.2 Å². The van der Waals surface area contributed by atoms with Gasteiger partial charge in [0.05, 0.1) is 5.69 Å². The van der Waals surface area contributed by atoms with Gasteiger partial charge in [-0.25, -0.2) is 4.79 Å². The van der Waals surface area contributed by atoms with Gasteiger partial charge in [0.15, 0.2) is 0 Å². The quantitative estimate of drug-likeness (QED) is 0.171. The number of phenolic OH excluding ortho intramolecular Hbond substituents is 2. The van der Waals surface area contributed by atoms with E-state index in [1.165, 1.54) is 11.6 Å². The Balaban J connectivity index is 1.16. The molecule has 0 aliphatic carbocycles. The molecule has 2 aliphatic heterocycles. The number of anilines is 1. The Hall–Kier alpha value is -3.37. The Morgan fingerprint density at radius 2 is 1.62 bits per heavy atom. The number of carbonyl (C=O) groups is 1. The van der Waals surface area contributed by atoms with Crippen molar-refractivity contribution in [3.8, 4) is 11.5 Å². The predicted molar refractivity (Wildman–Crippen MR) is 156 cm³/mol. The molecule has 2 aliphatic rings. The number of hydrogen-bond acceptors (Lipinski definition) is 8. The highest BCUT2D eigenvalue weighted by Gasteiger charge is 2.28. The van der Waals surface area contributed by atoms with Crippen LogP contribution in [-0.2, 0) is 17.7 Å². The van der Waals surface area contributed by atoms with Gasteiger partial charge in [-0.05, 0) is 75.3 Å². The number of rotatable bonds is 8. The number of likely N-dealkylation sites (tertiary alicyclic amines) is 1. The highest BCUT2D eigenvalue weighted by Crippen LogP contribution is 2.32. The van der Waals surface area contributed by atoms with E-state index in [1.54, 1.807) is 6.07 Å². The molecule has 0 aromatic heterocycles. The Labute approximate surface area is 237 Å². The molecule has 0 bridgehead atoms. The molecule has 0 spiro atoms. The standard InChI is InChI=1S/C30H44N6O4/c1-5-24-18-26(28(38)19-27(24)37)32-33-31-25-8-6-22(7-9-25)20-34-14-16-35(17-15-34)21-23-10-12-36(13-11-23)29(39)40-30(2,3)4/h6-9,18-19,23,37-38H,5,10-17,20-21H2,1-4H3,(H,31,32). The van der Waals surface area contributed by atoms with Crippen molar-refractivity contribution in [3.63, 3.8) is 0 Å². The fourth-order valence-corrected chi connectivity index (χ4v) is 5.18. The largest absolute Gasteiger partial charge is 0.508 e. The number of piperazine rings is 1. The van der Waals surface area contributed by atoms with E-state index in [-0.39, 0.29) is 17.6 Å². The van der Waals surface area contributed by atoms with E-state index < -0.39 is 5.60 Å². The third-order valence-electron chi connectivity index (χ3n) is 7.50. The van der Waals surface area contributed by atoms with E-state index in [4.69, 9.17) is 4.74 Å². The first-order valence-electron chi connectivity index (χ1n) is 14.3. The number of ether oxygens (including phenoxy) is 1. The first-order valence-corrected chi connectivity index (χ1v) is 14.3. The third-order valence-corrected chi connectivity index (χ3v) is 7.50. The number of piperidine rings is 1. The summed E-state index contributed by atoms with van der Waals surface area (Å²) in [4.78, 5) is 19.2. The number of phenols is 2. The summed E-state index contributed by atoms with van der Waals surface area (Å²) < 4.78 is 5.52. The van der Waals surface area contributed by atoms with Gasteiger partial charge in [-0.2, -0.15) is 0 Å². The molecule has 2 heterocycles. The molecule has 2 aromatic rings. The summed E-state index contributed by atoms with van der Waals surface area (Å²) in [6.45, 7) is 15.4. The van der Waals surface area contributed by atoms with Gasteiger partial charge in [-0.15, -0.1) is 5.11 Å². The first-order chi connectivity index (χ1) is 19.1. The number of carbonyl (C=O) groups excluding carboxylic acids is 1. The lowest BCUT2D eigenvalue weighted by Crippen LogP contribution is -2.49. The summed E-state index contributed by atoms with van der Waals surface area (Å²) in [6.07, 6.45) is 2.53. The SMILES string of the molecule is CCc1cc(NN=Nc2ccc(CN3CCN(CC4CCN(C(=O)OC(C)(C)C)CC4)CC3)cc2)c(O)cc1O. The molecule has 1 amide bonds. The second kappa shape index (κ2) is 13.3. The number of aromatic hydroxyl groups is 2. The molecule has 0 unspecified atom stereocenters. The average molecular weight is 553 g/mol.